The number of aryl methyl sites for hydroxylation is 1. The van der Waals surface area contributed by atoms with Gasteiger partial charge in [-0.2, -0.15) is 13.2 Å². The summed E-state index contributed by atoms with van der Waals surface area (Å²) in [5.74, 6) is 0. The van der Waals surface area contributed by atoms with Gasteiger partial charge in [0.1, 0.15) is 0 Å². The normalized spacial score (nSPS) is 11.7. The number of hydrogen-bond acceptors (Lipinski definition) is 0. The SMILES string of the molecule is C=C/C=C(\CCC)c1ccc(C)cc1C(F)(F)F.CC. The Labute approximate surface area is 120 Å². The Morgan fingerprint density at radius 3 is 2.30 bits per heavy atom. The van der Waals surface area contributed by atoms with Crippen LogP contribution in [0.2, 0.25) is 0 Å². The zero-order valence-corrected chi connectivity index (χ0v) is 12.6. The van der Waals surface area contributed by atoms with Crippen molar-refractivity contribution in [1.29, 1.82) is 0 Å². The van der Waals surface area contributed by atoms with Crippen LogP contribution in [-0.2, 0) is 6.18 Å². The van der Waals surface area contributed by atoms with Gasteiger partial charge in [-0.3, -0.25) is 0 Å². The maximum atomic E-state index is 13.0. The molecule has 0 aromatic heterocycles. The second kappa shape index (κ2) is 8.62. The van der Waals surface area contributed by atoms with Gasteiger partial charge in [0.15, 0.2) is 0 Å². The van der Waals surface area contributed by atoms with Gasteiger partial charge >= 0.3 is 6.18 Å². The highest BCUT2D eigenvalue weighted by molar-refractivity contribution is 5.70. The quantitative estimate of drug-likeness (QED) is 0.560. The molecule has 0 heterocycles. The van der Waals surface area contributed by atoms with Gasteiger partial charge < -0.3 is 0 Å². The van der Waals surface area contributed by atoms with Gasteiger partial charge in [0, 0.05) is 0 Å². The number of hydrogen-bond donors (Lipinski definition) is 0. The van der Waals surface area contributed by atoms with Gasteiger partial charge in [-0.15, -0.1) is 0 Å². The highest BCUT2D eigenvalue weighted by atomic mass is 19.4. The lowest BCUT2D eigenvalue weighted by Gasteiger charge is -2.16. The van der Waals surface area contributed by atoms with E-state index in [0.717, 1.165) is 6.42 Å². The first-order valence-corrected chi connectivity index (χ1v) is 6.90. The van der Waals surface area contributed by atoms with Gasteiger partial charge in [-0.05, 0) is 30.5 Å². The highest BCUT2D eigenvalue weighted by Gasteiger charge is 2.33. The number of rotatable bonds is 4. The summed E-state index contributed by atoms with van der Waals surface area (Å²) in [4.78, 5) is 0. The molecular weight excluding hydrogens is 261 g/mol. The Hall–Kier alpha value is -1.51. The molecule has 0 bridgehead atoms. The first-order chi connectivity index (χ1) is 9.40. The molecule has 0 aliphatic rings. The molecule has 0 N–H and O–H groups in total. The van der Waals surface area contributed by atoms with E-state index in [1.807, 2.05) is 20.8 Å². The van der Waals surface area contributed by atoms with E-state index in [0.29, 0.717) is 17.6 Å². The van der Waals surface area contributed by atoms with E-state index in [1.165, 1.54) is 12.1 Å². The first kappa shape index (κ1) is 18.5. The van der Waals surface area contributed by atoms with Crippen LogP contribution >= 0.6 is 0 Å². The van der Waals surface area contributed by atoms with Crippen LogP contribution in [-0.4, -0.2) is 0 Å². The van der Waals surface area contributed by atoms with E-state index in [-0.39, 0.29) is 5.56 Å². The molecule has 1 rings (SSSR count). The smallest absolute Gasteiger partial charge is 0.166 e. The maximum absolute atomic E-state index is 13.0. The zero-order chi connectivity index (χ0) is 15.8. The van der Waals surface area contributed by atoms with Crippen LogP contribution in [0.4, 0.5) is 13.2 Å². The minimum atomic E-state index is -4.32. The summed E-state index contributed by atoms with van der Waals surface area (Å²) < 4.78 is 39.0. The summed E-state index contributed by atoms with van der Waals surface area (Å²) in [6.45, 7) is 11.2. The Morgan fingerprint density at radius 1 is 1.25 bits per heavy atom. The van der Waals surface area contributed by atoms with E-state index in [4.69, 9.17) is 0 Å². The van der Waals surface area contributed by atoms with Crippen molar-refractivity contribution in [2.75, 3.05) is 0 Å². The largest absolute Gasteiger partial charge is 0.417 e. The summed E-state index contributed by atoms with van der Waals surface area (Å²) in [5.41, 5.74) is 0.985. The summed E-state index contributed by atoms with van der Waals surface area (Å²) in [5, 5.41) is 0. The third-order valence-corrected chi connectivity index (χ3v) is 2.66. The van der Waals surface area contributed by atoms with Crippen LogP contribution in [0.15, 0.2) is 36.9 Å². The molecule has 0 saturated heterocycles. The van der Waals surface area contributed by atoms with Crippen molar-refractivity contribution < 1.29 is 13.2 Å². The predicted octanol–water partition coefficient (Wildman–Crippen LogP) is 6.41. The number of halogens is 3. The third-order valence-electron chi connectivity index (χ3n) is 2.66. The van der Waals surface area contributed by atoms with E-state index < -0.39 is 11.7 Å². The summed E-state index contributed by atoms with van der Waals surface area (Å²) in [7, 11) is 0. The standard InChI is InChI=1S/C15H17F3.C2H6/c1-4-6-12(7-5-2)13-9-8-11(3)10-14(13)15(16,17)18;1-2/h4,6,8-10H,1,5,7H2,2-3H3;1-2H3/b12-6+;. The topological polar surface area (TPSA) is 0 Å². The predicted molar refractivity (Wildman–Crippen MR) is 80.6 cm³/mol. The molecule has 0 unspecified atom stereocenters. The fourth-order valence-corrected chi connectivity index (χ4v) is 1.89. The molecule has 0 atom stereocenters. The molecule has 0 aliphatic carbocycles. The van der Waals surface area contributed by atoms with Gasteiger partial charge in [-0.25, -0.2) is 0 Å². The number of allylic oxidation sites excluding steroid dienone is 3. The number of alkyl halides is 3. The minimum Gasteiger partial charge on any atom is -0.166 e. The van der Waals surface area contributed by atoms with Crippen molar-refractivity contribution in [3.8, 4) is 0 Å². The van der Waals surface area contributed by atoms with Crippen molar-refractivity contribution >= 4 is 5.57 Å². The van der Waals surface area contributed by atoms with Crippen LogP contribution in [0.1, 0.15) is 50.3 Å². The Balaban J connectivity index is 0.00000172. The van der Waals surface area contributed by atoms with Crippen molar-refractivity contribution in [3.05, 3.63) is 53.6 Å². The Morgan fingerprint density at radius 2 is 1.85 bits per heavy atom. The summed E-state index contributed by atoms with van der Waals surface area (Å²) in [6.07, 6.45) is 0.271. The molecule has 3 heteroatoms. The molecule has 20 heavy (non-hydrogen) atoms. The third kappa shape index (κ3) is 5.24. The molecule has 0 saturated carbocycles. The summed E-state index contributed by atoms with van der Waals surface area (Å²) >= 11 is 0. The van der Waals surface area contributed by atoms with Crippen LogP contribution in [0.5, 0.6) is 0 Å². The Bertz CT molecular complexity index is 454. The van der Waals surface area contributed by atoms with Gasteiger partial charge in [0.2, 0.25) is 0 Å². The van der Waals surface area contributed by atoms with Crippen molar-refractivity contribution in [2.45, 2.75) is 46.7 Å². The monoisotopic (exact) mass is 284 g/mol. The maximum Gasteiger partial charge on any atom is 0.417 e. The second-order valence-corrected chi connectivity index (χ2v) is 4.22. The fourth-order valence-electron chi connectivity index (χ4n) is 1.89. The Kier molecular flexibility index (Phi) is 7.97. The van der Waals surface area contributed by atoms with Gasteiger partial charge in [0.25, 0.3) is 0 Å². The average molecular weight is 284 g/mol. The molecule has 0 spiro atoms. The minimum absolute atomic E-state index is 0.259. The number of benzene rings is 1. The summed E-state index contributed by atoms with van der Waals surface area (Å²) in [6, 6.07) is 4.45. The van der Waals surface area contributed by atoms with Crippen molar-refractivity contribution in [3.63, 3.8) is 0 Å². The van der Waals surface area contributed by atoms with Crippen molar-refractivity contribution in [1.82, 2.24) is 0 Å². The van der Waals surface area contributed by atoms with E-state index >= 15 is 0 Å². The van der Waals surface area contributed by atoms with Crippen LogP contribution < -0.4 is 0 Å². The van der Waals surface area contributed by atoms with E-state index in [2.05, 4.69) is 6.58 Å². The molecule has 1 aromatic rings. The van der Waals surface area contributed by atoms with Crippen LogP contribution in [0, 0.1) is 6.92 Å². The lowest BCUT2D eigenvalue weighted by molar-refractivity contribution is -0.137. The van der Waals surface area contributed by atoms with Crippen LogP contribution in [0.3, 0.4) is 0 Å². The molecular formula is C17H23F3. The first-order valence-electron chi connectivity index (χ1n) is 6.90. The molecule has 0 aliphatic heterocycles. The van der Waals surface area contributed by atoms with E-state index in [9.17, 15) is 13.2 Å². The molecule has 0 radical (unpaired) electrons. The molecule has 0 amide bonds. The van der Waals surface area contributed by atoms with Crippen LogP contribution in [0.25, 0.3) is 5.57 Å². The van der Waals surface area contributed by atoms with Gasteiger partial charge in [-0.1, -0.05) is 63.6 Å². The second-order valence-electron chi connectivity index (χ2n) is 4.22. The molecule has 1 aromatic carbocycles. The molecule has 0 nitrogen and oxygen atoms in total. The highest BCUT2D eigenvalue weighted by Crippen LogP contribution is 2.36. The zero-order valence-electron chi connectivity index (χ0n) is 12.6. The van der Waals surface area contributed by atoms with Crippen molar-refractivity contribution in [2.24, 2.45) is 0 Å². The van der Waals surface area contributed by atoms with E-state index in [1.54, 1.807) is 25.1 Å². The molecule has 0 fully saturated rings. The molecule has 112 valence electrons. The lowest BCUT2D eigenvalue weighted by atomic mass is 9.94. The fraction of sp³-hybridized carbons (Fsp3) is 0.412. The lowest BCUT2D eigenvalue weighted by Crippen LogP contribution is -2.09. The average Bonchev–Trinajstić information content (AvgIpc) is 2.40. The van der Waals surface area contributed by atoms with Gasteiger partial charge in [0.05, 0.1) is 5.56 Å².